The summed E-state index contributed by atoms with van der Waals surface area (Å²) in [6.07, 6.45) is 1.88. The van der Waals surface area contributed by atoms with Crippen molar-refractivity contribution in [2.45, 2.75) is 19.8 Å². The number of aryl methyl sites for hydroxylation is 3. The van der Waals surface area contributed by atoms with Crippen LogP contribution in [0.15, 0.2) is 36.4 Å². The van der Waals surface area contributed by atoms with Crippen molar-refractivity contribution in [1.82, 2.24) is 15.1 Å². The predicted molar refractivity (Wildman–Crippen MR) is 79.7 cm³/mol. The molecule has 0 saturated carbocycles. The molecule has 1 aromatic heterocycles. The number of urea groups is 1. The van der Waals surface area contributed by atoms with Gasteiger partial charge in [-0.25, -0.2) is 4.79 Å². The van der Waals surface area contributed by atoms with Crippen LogP contribution in [0.1, 0.15) is 17.7 Å². The van der Waals surface area contributed by atoms with Crippen molar-refractivity contribution < 1.29 is 4.79 Å². The van der Waals surface area contributed by atoms with Gasteiger partial charge >= 0.3 is 6.03 Å². The van der Waals surface area contributed by atoms with Crippen molar-refractivity contribution in [3.05, 3.63) is 47.7 Å². The van der Waals surface area contributed by atoms with Gasteiger partial charge in [-0.3, -0.25) is 10.00 Å². The van der Waals surface area contributed by atoms with E-state index in [1.165, 1.54) is 5.56 Å². The fraction of sp³-hybridized carbons (Fsp3) is 0.333. The number of nitrogens with zero attached hydrogens (tertiary/aromatic N) is 2. The third-order valence-corrected chi connectivity index (χ3v) is 3.13. The van der Waals surface area contributed by atoms with E-state index in [1.807, 2.05) is 38.2 Å². The summed E-state index contributed by atoms with van der Waals surface area (Å²) in [5.74, 6) is 0.575. The third kappa shape index (κ3) is 4.12. The number of anilines is 1. The maximum Gasteiger partial charge on any atom is 0.320 e. The number of amides is 2. The molecule has 0 saturated heterocycles. The molecular weight excluding hydrogens is 252 g/mol. The summed E-state index contributed by atoms with van der Waals surface area (Å²) in [5, 5.41) is 9.72. The van der Waals surface area contributed by atoms with Crippen LogP contribution in [0.3, 0.4) is 0 Å². The van der Waals surface area contributed by atoms with Gasteiger partial charge in [-0.15, -0.1) is 0 Å². The molecule has 2 N–H and O–H groups in total. The fourth-order valence-electron chi connectivity index (χ4n) is 1.92. The van der Waals surface area contributed by atoms with Gasteiger partial charge in [0.15, 0.2) is 5.82 Å². The highest BCUT2D eigenvalue weighted by molar-refractivity contribution is 5.88. The molecule has 2 amide bonds. The van der Waals surface area contributed by atoms with E-state index in [0.29, 0.717) is 12.4 Å². The average Bonchev–Trinajstić information content (AvgIpc) is 2.74. The van der Waals surface area contributed by atoms with Crippen LogP contribution in [0.2, 0.25) is 0 Å². The monoisotopic (exact) mass is 272 g/mol. The molecule has 106 valence electrons. The first-order chi connectivity index (χ1) is 9.65. The first kappa shape index (κ1) is 14.1. The Morgan fingerprint density at radius 3 is 2.70 bits per heavy atom. The number of aromatic nitrogens is 2. The van der Waals surface area contributed by atoms with E-state index >= 15 is 0 Å². The van der Waals surface area contributed by atoms with E-state index in [1.54, 1.807) is 4.68 Å². The van der Waals surface area contributed by atoms with Crippen LogP contribution < -0.4 is 10.6 Å². The zero-order valence-corrected chi connectivity index (χ0v) is 11.9. The van der Waals surface area contributed by atoms with Gasteiger partial charge < -0.3 is 5.32 Å². The first-order valence-corrected chi connectivity index (χ1v) is 6.74. The minimum absolute atomic E-state index is 0.212. The lowest BCUT2D eigenvalue weighted by Crippen LogP contribution is -2.29. The Labute approximate surface area is 119 Å². The minimum Gasteiger partial charge on any atom is -0.338 e. The number of benzene rings is 1. The molecule has 0 atom stereocenters. The van der Waals surface area contributed by atoms with Gasteiger partial charge in [0.05, 0.1) is 0 Å². The number of carbonyl (C=O) groups excluding carboxylic acids is 1. The molecule has 0 bridgehead atoms. The molecule has 0 aliphatic carbocycles. The molecule has 20 heavy (non-hydrogen) atoms. The van der Waals surface area contributed by atoms with Gasteiger partial charge in [0.1, 0.15) is 0 Å². The summed E-state index contributed by atoms with van der Waals surface area (Å²) in [5.41, 5.74) is 2.29. The van der Waals surface area contributed by atoms with E-state index in [4.69, 9.17) is 0 Å². The molecule has 5 heteroatoms. The van der Waals surface area contributed by atoms with Crippen molar-refractivity contribution in [2.24, 2.45) is 7.05 Å². The Morgan fingerprint density at radius 1 is 1.30 bits per heavy atom. The Kier molecular flexibility index (Phi) is 4.76. The van der Waals surface area contributed by atoms with E-state index in [2.05, 4.69) is 27.9 Å². The molecule has 2 rings (SSSR count). The molecule has 5 nitrogen and oxygen atoms in total. The number of hydrogen-bond acceptors (Lipinski definition) is 2. The molecule has 2 aromatic rings. The quantitative estimate of drug-likeness (QED) is 0.821. The fourth-order valence-corrected chi connectivity index (χ4v) is 1.92. The van der Waals surface area contributed by atoms with Gasteiger partial charge in [0.2, 0.25) is 0 Å². The van der Waals surface area contributed by atoms with Crippen molar-refractivity contribution in [3.63, 3.8) is 0 Å². The lowest BCUT2D eigenvalue weighted by atomic mass is 10.1. The molecular formula is C15H20N4O. The standard InChI is InChI=1S/C15H20N4O/c1-12-11-14(18-19(12)2)17-15(20)16-10-6-9-13-7-4-3-5-8-13/h3-5,7-8,11H,6,9-10H2,1-2H3,(H2,16,17,18,20). The lowest BCUT2D eigenvalue weighted by molar-refractivity contribution is 0.252. The summed E-state index contributed by atoms with van der Waals surface area (Å²) in [4.78, 5) is 11.7. The lowest BCUT2D eigenvalue weighted by Gasteiger charge is -2.05. The predicted octanol–water partition coefficient (Wildman–Crippen LogP) is 2.48. The largest absolute Gasteiger partial charge is 0.338 e. The van der Waals surface area contributed by atoms with Crippen LogP contribution in [0.5, 0.6) is 0 Å². The van der Waals surface area contributed by atoms with Crippen LogP contribution in [-0.2, 0) is 13.5 Å². The third-order valence-electron chi connectivity index (χ3n) is 3.13. The van der Waals surface area contributed by atoms with Crippen molar-refractivity contribution in [1.29, 1.82) is 0 Å². The molecule has 1 aromatic carbocycles. The smallest absolute Gasteiger partial charge is 0.320 e. The van der Waals surface area contributed by atoms with Gasteiger partial charge in [-0.1, -0.05) is 30.3 Å². The summed E-state index contributed by atoms with van der Waals surface area (Å²) < 4.78 is 1.73. The molecule has 0 unspecified atom stereocenters. The Morgan fingerprint density at radius 2 is 2.05 bits per heavy atom. The van der Waals surface area contributed by atoms with Gasteiger partial charge in [-0.05, 0) is 25.3 Å². The van der Waals surface area contributed by atoms with E-state index in [-0.39, 0.29) is 6.03 Å². The molecule has 0 aliphatic heterocycles. The molecule has 0 spiro atoms. The number of hydrogen-bond donors (Lipinski definition) is 2. The van der Waals surface area contributed by atoms with Crippen LogP contribution >= 0.6 is 0 Å². The minimum atomic E-state index is -0.212. The van der Waals surface area contributed by atoms with Gasteiger partial charge in [-0.2, -0.15) is 5.10 Å². The number of carbonyl (C=O) groups is 1. The van der Waals surface area contributed by atoms with Crippen LogP contribution in [0.25, 0.3) is 0 Å². The Bertz CT molecular complexity index is 543. The van der Waals surface area contributed by atoms with E-state index < -0.39 is 0 Å². The summed E-state index contributed by atoms with van der Waals surface area (Å²) in [6.45, 7) is 2.59. The maximum absolute atomic E-state index is 11.7. The normalized spacial score (nSPS) is 10.3. The highest BCUT2D eigenvalue weighted by Crippen LogP contribution is 2.06. The second-order valence-corrected chi connectivity index (χ2v) is 4.76. The number of nitrogens with one attached hydrogen (secondary N) is 2. The van der Waals surface area contributed by atoms with E-state index in [9.17, 15) is 4.79 Å². The SMILES string of the molecule is Cc1cc(NC(=O)NCCCc2ccccc2)nn1C. The van der Waals surface area contributed by atoms with Crippen molar-refractivity contribution >= 4 is 11.8 Å². The first-order valence-electron chi connectivity index (χ1n) is 6.74. The summed E-state index contributed by atoms with van der Waals surface area (Å²) in [7, 11) is 1.85. The topological polar surface area (TPSA) is 59.0 Å². The Hall–Kier alpha value is -2.30. The molecule has 0 radical (unpaired) electrons. The van der Waals surface area contributed by atoms with Crippen molar-refractivity contribution in [2.75, 3.05) is 11.9 Å². The van der Waals surface area contributed by atoms with Crippen LogP contribution in [0.4, 0.5) is 10.6 Å². The highest BCUT2D eigenvalue weighted by atomic mass is 16.2. The molecule has 0 aliphatic rings. The zero-order valence-electron chi connectivity index (χ0n) is 11.9. The Balaban J connectivity index is 1.68. The summed E-state index contributed by atoms with van der Waals surface area (Å²) >= 11 is 0. The number of rotatable bonds is 5. The summed E-state index contributed by atoms with van der Waals surface area (Å²) in [6, 6.07) is 11.9. The average molecular weight is 272 g/mol. The molecule has 1 heterocycles. The van der Waals surface area contributed by atoms with Gasteiger partial charge in [0.25, 0.3) is 0 Å². The van der Waals surface area contributed by atoms with Crippen molar-refractivity contribution in [3.8, 4) is 0 Å². The molecule has 0 fully saturated rings. The second-order valence-electron chi connectivity index (χ2n) is 4.76. The van der Waals surface area contributed by atoms with Gasteiger partial charge in [0, 0.05) is 25.4 Å². The zero-order chi connectivity index (χ0) is 14.4. The van der Waals surface area contributed by atoms with Crippen LogP contribution in [0, 0.1) is 6.92 Å². The van der Waals surface area contributed by atoms with Crippen LogP contribution in [-0.4, -0.2) is 22.4 Å². The highest BCUT2D eigenvalue weighted by Gasteiger charge is 2.05. The second kappa shape index (κ2) is 6.75. The maximum atomic E-state index is 11.7. The van der Waals surface area contributed by atoms with E-state index in [0.717, 1.165) is 18.5 Å².